The molecule has 1 N–H and O–H groups in total. The van der Waals surface area contributed by atoms with Crippen LogP contribution in [0.25, 0.3) is 0 Å². The molecule has 0 aromatic carbocycles. The predicted octanol–water partition coefficient (Wildman–Crippen LogP) is -0.431. The number of oxime groups is 1. The summed E-state index contributed by atoms with van der Waals surface area (Å²) < 4.78 is 4.34. The number of Topliss-reactive ketones (excluding diaryl/α,β-unsaturated/α-hetero) is 1. The zero-order chi connectivity index (χ0) is 11.8. The van der Waals surface area contributed by atoms with Crippen LogP contribution in [0.2, 0.25) is 0 Å². The van der Waals surface area contributed by atoms with E-state index in [9.17, 15) is 14.4 Å². The Morgan fingerprint density at radius 1 is 1.60 bits per heavy atom. The Kier molecular flexibility index (Phi) is 5.96. The second kappa shape index (κ2) is 6.72. The van der Waals surface area contributed by atoms with E-state index in [4.69, 9.17) is 16.7 Å². The van der Waals surface area contributed by atoms with Gasteiger partial charge in [0.15, 0.2) is 5.94 Å². The minimum Gasteiger partial charge on any atom is -0.479 e. The molecule has 0 rings (SSSR count). The molecule has 0 aromatic rings. The number of carboxylic acids is 1. The lowest BCUT2D eigenvalue weighted by atomic mass is 10.2. The number of halogens is 1. The van der Waals surface area contributed by atoms with Crippen LogP contribution in [0, 0.1) is 0 Å². The van der Waals surface area contributed by atoms with Gasteiger partial charge < -0.3 is 14.7 Å². The van der Waals surface area contributed by atoms with Crippen LogP contribution in [0.5, 0.6) is 0 Å². The molecule has 7 nitrogen and oxygen atoms in total. The summed E-state index contributed by atoms with van der Waals surface area (Å²) in [7, 11) is 1.02. The van der Waals surface area contributed by atoms with Gasteiger partial charge in [-0.3, -0.25) is 4.79 Å². The molecule has 0 bridgehead atoms. The fraction of sp³-hybridized carbons (Fsp3) is 0.286. The van der Waals surface area contributed by atoms with Gasteiger partial charge in [-0.25, -0.2) is 9.59 Å². The van der Waals surface area contributed by atoms with Gasteiger partial charge in [0.2, 0.25) is 23.3 Å². The standard InChI is InChI=1S/C7H6ClNO6/c1-14-5(7(12)13)4(11)6(8)9-15-3-2-10/h3,5H,1H3,(H,12,13)/b9-6+/t5-/m0/s1. The molecule has 0 spiro atoms. The zero-order valence-electron chi connectivity index (χ0n) is 7.47. The molecular weight excluding hydrogens is 230 g/mol. The minimum atomic E-state index is -1.76. The highest BCUT2D eigenvalue weighted by molar-refractivity contribution is 6.84. The second-order valence-corrected chi connectivity index (χ2v) is 2.40. The van der Waals surface area contributed by atoms with Crippen molar-refractivity contribution in [3.63, 3.8) is 0 Å². The van der Waals surface area contributed by atoms with Crippen LogP contribution in [0.1, 0.15) is 0 Å². The quantitative estimate of drug-likeness (QED) is 0.220. The fourth-order valence-corrected chi connectivity index (χ4v) is 0.706. The molecule has 0 aromatic heterocycles. The van der Waals surface area contributed by atoms with E-state index < -0.39 is 23.0 Å². The summed E-state index contributed by atoms with van der Waals surface area (Å²) in [6.45, 7) is 0. The van der Waals surface area contributed by atoms with Crippen LogP contribution < -0.4 is 0 Å². The van der Waals surface area contributed by atoms with E-state index in [0.29, 0.717) is 6.26 Å². The maximum atomic E-state index is 11.1. The Hall–Kier alpha value is -1.69. The number of ether oxygens (including phenoxy) is 1. The molecule has 8 heteroatoms. The van der Waals surface area contributed by atoms with Crippen LogP contribution in [0.4, 0.5) is 0 Å². The van der Waals surface area contributed by atoms with E-state index in [1.54, 1.807) is 0 Å². The average Bonchev–Trinajstić information content (AvgIpc) is 2.18. The third kappa shape index (κ3) is 4.37. The first kappa shape index (κ1) is 13.3. The van der Waals surface area contributed by atoms with Crippen LogP contribution in [0.15, 0.2) is 11.4 Å². The van der Waals surface area contributed by atoms with Gasteiger partial charge in [0.05, 0.1) is 0 Å². The van der Waals surface area contributed by atoms with Crippen molar-refractivity contribution < 1.29 is 29.1 Å². The number of hydrogen-bond acceptors (Lipinski definition) is 6. The number of carboxylic acid groups (broad SMARTS) is 1. The molecule has 0 aliphatic carbocycles. The van der Waals surface area contributed by atoms with Gasteiger partial charge in [-0.05, 0) is 0 Å². The molecule has 0 fully saturated rings. The first-order valence-electron chi connectivity index (χ1n) is 3.43. The maximum absolute atomic E-state index is 11.1. The van der Waals surface area contributed by atoms with Crippen molar-refractivity contribution in [3.05, 3.63) is 6.26 Å². The lowest BCUT2D eigenvalue weighted by Gasteiger charge is -2.06. The molecule has 0 saturated carbocycles. The van der Waals surface area contributed by atoms with E-state index in [0.717, 1.165) is 7.11 Å². The normalized spacial score (nSPS) is 12.5. The van der Waals surface area contributed by atoms with Gasteiger partial charge in [-0.15, -0.1) is 0 Å². The van der Waals surface area contributed by atoms with Crippen molar-refractivity contribution in [2.75, 3.05) is 7.11 Å². The van der Waals surface area contributed by atoms with Crippen molar-refractivity contribution >= 4 is 34.5 Å². The summed E-state index contributed by atoms with van der Waals surface area (Å²) in [5.41, 5.74) is 0. The molecule has 1 atom stereocenters. The van der Waals surface area contributed by atoms with Crippen LogP contribution in [0.3, 0.4) is 0 Å². The Morgan fingerprint density at radius 2 is 2.20 bits per heavy atom. The summed E-state index contributed by atoms with van der Waals surface area (Å²) in [6, 6.07) is 0. The summed E-state index contributed by atoms with van der Waals surface area (Å²) in [6.07, 6.45) is -1.26. The predicted molar refractivity (Wildman–Crippen MR) is 48.1 cm³/mol. The van der Waals surface area contributed by atoms with Gasteiger partial charge in [0.25, 0.3) is 0 Å². The summed E-state index contributed by atoms with van der Waals surface area (Å²) in [4.78, 5) is 35.3. The molecule has 0 radical (unpaired) electrons. The van der Waals surface area contributed by atoms with Gasteiger partial charge in [0, 0.05) is 7.11 Å². The molecule has 0 unspecified atom stereocenters. The van der Waals surface area contributed by atoms with E-state index in [-0.39, 0.29) is 0 Å². The summed E-state index contributed by atoms with van der Waals surface area (Å²) in [5, 5.41) is 10.7. The SMILES string of the molecule is CO[C@H](C(=O)O)C(=O)/C(Cl)=N\OC=C=O. The minimum absolute atomic E-state index is 0.498. The van der Waals surface area contributed by atoms with E-state index in [2.05, 4.69) is 14.7 Å². The van der Waals surface area contributed by atoms with Crippen LogP contribution >= 0.6 is 11.6 Å². The first-order valence-corrected chi connectivity index (χ1v) is 3.80. The number of hydrogen-bond donors (Lipinski definition) is 1. The molecule has 0 aliphatic heterocycles. The Balaban J connectivity index is 4.60. The van der Waals surface area contributed by atoms with Crippen molar-refractivity contribution in [1.29, 1.82) is 0 Å². The monoisotopic (exact) mass is 235 g/mol. The highest BCUT2D eigenvalue weighted by atomic mass is 35.5. The van der Waals surface area contributed by atoms with Gasteiger partial charge in [-0.1, -0.05) is 16.8 Å². The molecule has 0 aliphatic rings. The lowest BCUT2D eigenvalue weighted by molar-refractivity contribution is -0.151. The molecule has 15 heavy (non-hydrogen) atoms. The Bertz CT molecular complexity index is 332. The molecule has 0 amide bonds. The average molecular weight is 236 g/mol. The van der Waals surface area contributed by atoms with Gasteiger partial charge in [-0.2, -0.15) is 0 Å². The first-order chi connectivity index (χ1) is 7.04. The van der Waals surface area contributed by atoms with E-state index in [1.165, 1.54) is 5.94 Å². The molecule has 0 saturated heterocycles. The smallest absolute Gasteiger partial charge is 0.341 e. The number of carbonyl (C=O) groups is 2. The maximum Gasteiger partial charge on any atom is 0.341 e. The number of aliphatic carboxylic acids is 1. The largest absolute Gasteiger partial charge is 0.479 e. The summed E-state index contributed by atoms with van der Waals surface area (Å²) >= 11 is 5.27. The number of carbonyl (C=O) groups excluding carboxylic acids is 2. The fourth-order valence-electron chi connectivity index (χ4n) is 0.567. The van der Waals surface area contributed by atoms with Crippen molar-refractivity contribution in [1.82, 2.24) is 0 Å². The lowest BCUT2D eigenvalue weighted by Crippen LogP contribution is -2.35. The topological polar surface area (TPSA) is 102 Å². The Labute approximate surface area is 88.9 Å². The van der Waals surface area contributed by atoms with Crippen molar-refractivity contribution in [2.45, 2.75) is 6.10 Å². The van der Waals surface area contributed by atoms with Gasteiger partial charge in [0.1, 0.15) is 0 Å². The highest BCUT2D eigenvalue weighted by Gasteiger charge is 2.29. The summed E-state index contributed by atoms with van der Waals surface area (Å²) in [5.74, 6) is -1.40. The molecular formula is C7H6ClNO6. The number of rotatable bonds is 6. The molecule has 82 valence electrons. The van der Waals surface area contributed by atoms with E-state index >= 15 is 0 Å². The number of nitrogens with zero attached hydrogens (tertiary/aromatic N) is 1. The van der Waals surface area contributed by atoms with E-state index in [1.807, 2.05) is 0 Å². The third-order valence-electron chi connectivity index (χ3n) is 1.14. The molecule has 0 heterocycles. The Morgan fingerprint density at radius 3 is 2.60 bits per heavy atom. The number of methoxy groups -OCH3 is 1. The highest BCUT2D eigenvalue weighted by Crippen LogP contribution is 1.99. The van der Waals surface area contributed by atoms with Crippen LogP contribution in [-0.4, -0.2) is 41.2 Å². The zero-order valence-corrected chi connectivity index (χ0v) is 8.22. The van der Waals surface area contributed by atoms with Crippen molar-refractivity contribution in [2.24, 2.45) is 5.16 Å². The van der Waals surface area contributed by atoms with Crippen molar-refractivity contribution in [3.8, 4) is 0 Å². The van der Waals surface area contributed by atoms with Crippen LogP contribution in [-0.2, 0) is 24.0 Å². The van der Waals surface area contributed by atoms with Gasteiger partial charge >= 0.3 is 5.97 Å². The number of ketones is 1. The second-order valence-electron chi connectivity index (χ2n) is 2.04. The third-order valence-corrected chi connectivity index (χ3v) is 1.39.